The van der Waals surface area contributed by atoms with E-state index in [4.69, 9.17) is 6.42 Å². The van der Waals surface area contributed by atoms with Crippen LogP contribution in [0.25, 0.3) is 0 Å². The zero-order valence-corrected chi connectivity index (χ0v) is 7.71. The van der Waals surface area contributed by atoms with Crippen LogP contribution in [0.4, 0.5) is 0 Å². The summed E-state index contributed by atoms with van der Waals surface area (Å²) in [5, 5.41) is 0. The Kier molecular flexibility index (Phi) is 2.75. The summed E-state index contributed by atoms with van der Waals surface area (Å²) >= 11 is 0. The van der Waals surface area contributed by atoms with Crippen molar-refractivity contribution in [3.05, 3.63) is 0 Å². The molecule has 2 atom stereocenters. The fourth-order valence-corrected chi connectivity index (χ4v) is 1.90. The summed E-state index contributed by atoms with van der Waals surface area (Å²) in [7, 11) is 0. The summed E-state index contributed by atoms with van der Waals surface area (Å²) < 4.78 is 0. The topological polar surface area (TPSA) is 20.3 Å². The number of rotatable bonds is 0. The van der Waals surface area contributed by atoms with E-state index in [9.17, 15) is 4.79 Å². The van der Waals surface area contributed by atoms with Gasteiger partial charge in [-0.2, -0.15) is 0 Å². The minimum absolute atomic E-state index is 0.158. The summed E-state index contributed by atoms with van der Waals surface area (Å²) in [6.45, 7) is 4.12. The number of amides is 1. The van der Waals surface area contributed by atoms with Crippen molar-refractivity contribution in [3.8, 4) is 12.3 Å². The summed E-state index contributed by atoms with van der Waals surface area (Å²) in [5.74, 6) is 2.02. The van der Waals surface area contributed by atoms with E-state index in [0.29, 0.717) is 12.1 Å². The number of hydrogen-bond donors (Lipinski definition) is 0. The van der Waals surface area contributed by atoms with Gasteiger partial charge in [0.2, 0.25) is 0 Å². The Morgan fingerprint density at radius 3 is 2.33 bits per heavy atom. The van der Waals surface area contributed by atoms with Gasteiger partial charge in [0.25, 0.3) is 5.91 Å². The van der Waals surface area contributed by atoms with E-state index in [-0.39, 0.29) is 5.91 Å². The number of piperidine rings is 1. The lowest BCUT2D eigenvalue weighted by molar-refractivity contribution is -0.130. The van der Waals surface area contributed by atoms with Crippen molar-refractivity contribution >= 4 is 5.91 Å². The van der Waals surface area contributed by atoms with Crippen molar-refractivity contribution in [1.29, 1.82) is 0 Å². The number of nitrogens with zero attached hydrogens (tertiary/aromatic N) is 1. The summed E-state index contributed by atoms with van der Waals surface area (Å²) in [6, 6.07) is 0.634. The van der Waals surface area contributed by atoms with Gasteiger partial charge in [-0.3, -0.25) is 4.79 Å². The molecule has 66 valence electrons. The Labute approximate surface area is 73.9 Å². The molecule has 12 heavy (non-hydrogen) atoms. The summed E-state index contributed by atoms with van der Waals surface area (Å²) in [5.41, 5.74) is 0. The minimum atomic E-state index is -0.158. The van der Waals surface area contributed by atoms with Crippen LogP contribution in [-0.2, 0) is 4.79 Å². The molecule has 0 aromatic carbocycles. The molecule has 1 amide bonds. The molecule has 2 nitrogen and oxygen atoms in total. The number of terminal acetylenes is 1. The van der Waals surface area contributed by atoms with Crippen molar-refractivity contribution in [2.45, 2.75) is 45.2 Å². The average molecular weight is 165 g/mol. The molecule has 0 aliphatic carbocycles. The quantitative estimate of drug-likeness (QED) is 0.497. The van der Waals surface area contributed by atoms with Gasteiger partial charge in [-0.05, 0) is 39.0 Å². The van der Waals surface area contributed by atoms with Crippen molar-refractivity contribution in [3.63, 3.8) is 0 Å². The monoisotopic (exact) mass is 165 g/mol. The van der Waals surface area contributed by atoms with Crippen LogP contribution in [0.3, 0.4) is 0 Å². The van der Waals surface area contributed by atoms with Crippen molar-refractivity contribution in [2.75, 3.05) is 0 Å². The van der Waals surface area contributed by atoms with E-state index in [1.54, 1.807) is 0 Å². The fraction of sp³-hybridized carbons (Fsp3) is 0.700. The van der Waals surface area contributed by atoms with Crippen LogP contribution in [0.5, 0.6) is 0 Å². The van der Waals surface area contributed by atoms with Gasteiger partial charge in [-0.15, -0.1) is 6.42 Å². The normalized spacial score (nSPS) is 29.6. The smallest absolute Gasteiger partial charge is 0.298 e. The second kappa shape index (κ2) is 3.62. The number of carbonyl (C=O) groups excluding carboxylic acids is 1. The second-order valence-electron chi connectivity index (χ2n) is 3.49. The van der Waals surface area contributed by atoms with E-state index in [1.807, 2.05) is 4.90 Å². The molecule has 0 bridgehead atoms. The molecule has 1 fully saturated rings. The number of likely N-dealkylation sites (tertiary alicyclic amines) is 1. The molecule has 1 rings (SSSR count). The van der Waals surface area contributed by atoms with Gasteiger partial charge in [0.1, 0.15) is 0 Å². The van der Waals surface area contributed by atoms with Crippen LogP contribution in [0.2, 0.25) is 0 Å². The Hall–Kier alpha value is -0.970. The maximum atomic E-state index is 11.3. The highest BCUT2D eigenvalue weighted by molar-refractivity contribution is 5.93. The average Bonchev–Trinajstić information content (AvgIpc) is 2.03. The maximum Gasteiger partial charge on any atom is 0.298 e. The van der Waals surface area contributed by atoms with E-state index in [1.165, 1.54) is 6.42 Å². The Morgan fingerprint density at radius 1 is 1.42 bits per heavy atom. The van der Waals surface area contributed by atoms with Gasteiger partial charge >= 0.3 is 0 Å². The molecule has 0 unspecified atom stereocenters. The van der Waals surface area contributed by atoms with Crippen molar-refractivity contribution in [2.24, 2.45) is 0 Å². The lowest BCUT2D eigenvalue weighted by Gasteiger charge is -2.37. The van der Waals surface area contributed by atoms with Crippen LogP contribution in [0.15, 0.2) is 0 Å². The Bertz CT molecular complexity index is 206. The highest BCUT2D eigenvalue weighted by Crippen LogP contribution is 2.21. The zero-order valence-electron chi connectivity index (χ0n) is 7.71. The predicted molar refractivity (Wildman–Crippen MR) is 48.5 cm³/mol. The molecule has 0 spiro atoms. The fourth-order valence-electron chi connectivity index (χ4n) is 1.90. The van der Waals surface area contributed by atoms with Gasteiger partial charge in [0.05, 0.1) is 0 Å². The molecular weight excluding hydrogens is 150 g/mol. The first-order chi connectivity index (χ1) is 5.66. The van der Waals surface area contributed by atoms with Gasteiger partial charge < -0.3 is 4.90 Å². The third kappa shape index (κ3) is 1.61. The molecule has 0 N–H and O–H groups in total. The zero-order chi connectivity index (χ0) is 9.14. The highest BCUT2D eigenvalue weighted by Gasteiger charge is 2.27. The molecule has 0 aromatic rings. The van der Waals surface area contributed by atoms with Crippen molar-refractivity contribution < 1.29 is 4.79 Å². The lowest BCUT2D eigenvalue weighted by atomic mass is 9.97. The molecule has 1 aliphatic rings. The third-order valence-corrected chi connectivity index (χ3v) is 2.55. The van der Waals surface area contributed by atoms with Crippen LogP contribution in [-0.4, -0.2) is 22.9 Å². The third-order valence-electron chi connectivity index (χ3n) is 2.55. The van der Waals surface area contributed by atoms with Gasteiger partial charge in [0.15, 0.2) is 0 Å². The molecule has 1 saturated heterocycles. The first-order valence-electron chi connectivity index (χ1n) is 4.45. The SMILES string of the molecule is C#CC(=O)N1[C@H](C)CCC[C@H]1C. The number of hydrogen-bond acceptors (Lipinski definition) is 1. The summed E-state index contributed by atoms with van der Waals surface area (Å²) in [4.78, 5) is 13.1. The van der Waals surface area contributed by atoms with Gasteiger partial charge in [0, 0.05) is 12.1 Å². The van der Waals surface area contributed by atoms with Crippen LogP contribution in [0, 0.1) is 12.3 Å². The highest BCUT2D eigenvalue weighted by atomic mass is 16.2. The molecule has 2 heteroatoms. The first-order valence-corrected chi connectivity index (χ1v) is 4.45. The second-order valence-corrected chi connectivity index (χ2v) is 3.49. The minimum Gasteiger partial charge on any atom is -0.327 e. The lowest BCUT2D eigenvalue weighted by Crippen LogP contribution is -2.46. The Balaban J connectivity index is 2.70. The van der Waals surface area contributed by atoms with Crippen LogP contribution in [0.1, 0.15) is 33.1 Å². The molecule has 0 aromatic heterocycles. The predicted octanol–water partition coefficient (Wildman–Crippen LogP) is 1.41. The van der Waals surface area contributed by atoms with E-state index >= 15 is 0 Å². The van der Waals surface area contributed by atoms with Crippen LogP contribution < -0.4 is 0 Å². The molecule has 1 aliphatic heterocycles. The van der Waals surface area contributed by atoms with E-state index < -0.39 is 0 Å². The molecular formula is C10H15NO. The molecule has 0 radical (unpaired) electrons. The number of carbonyl (C=O) groups is 1. The summed E-state index contributed by atoms with van der Waals surface area (Å²) in [6.07, 6.45) is 8.45. The van der Waals surface area contributed by atoms with E-state index in [2.05, 4.69) is 19.8 Å². The van der Waals surface area contributed by atoms with E-state index in [0.717, 1.165) is 12.8 Å². The van der Waals surface area contributed by atoms with Gasteiger partial charge in [-0.25, -0.2) is 0 Å². The first kappa shape index (κ1) is 9.12. The van der Waals surface area contributed by atoms with Gasteiger partial charge in [-0.1, -0.05) is 0 Å². The molecule has 1 heterocycles. The Morgan fingerprint density at radius 2 is 1.92 bits per heavy atom. The standard InChI is InChI=1S/C10H15NO/c1-4-10(12)11-8(2)6-5-7-9(11)3/h1,8-9H,5-7H2,2-3H3/t8-,9-/m1/s1. The largest absolute Gasteiger partial charge is 0.327 e. The van der Waals surface area contributed by atoms with Crippen LogP contribution >= 0.6 is 0 Å². The maximum absolute atomic E-state index is 11.3. The van der Waals surface area contributed by atoms with Crippen molar-refractivity contribution in [1.82, 2.24) is 4.90 Å². The molecule has 0 saturated carbocycles.